The van der Waals surface area contributed by atoms with Crippen molar-refractivity contribution in [3.8, 4) is 5.75 Å². The fraction of sp³-hybridized carbons (Fsp3) is 0.579. The SMILES string of the molecule is CCNC(=NCCc1cc(F)cc2c1OCOC2)N1CCN(C(C)=O)CC1.I. The molecule has 1 saturated heterocycles. The molecule has 0 spiro atoms. The van der Waals surface area contributed by atoms with Gasteiger partial charge in [0.15, 0.2) is 12.8 Å². The van der Waals surface area contributed by atoms with Crippen LogP contribution in [0.4, 0.5) is 4.39 Å². The van der Waals surface area contributed by atoms with Crippen LogP contribution in [-0.2, 0) is 22.6 Å². The summed E-state index contributed by atoms with van der Waals surface area (Å²) in [6, 6.07) is 2.97. The molecule has 0 radical (unpaired) electrons. The van der Waals surface area contributed by atoms with E-state index in [4.69, 9.17) is 14.5 Å². The minimum atomic E-state index is -0.283. The normalized spacial score (nSPS) is 16.8. The molecule has 1 fully saturated rings. The van der Waals surface area contributed by atoms with Crippen molar-refractivity contribution in [1.82, 2.24) is 15.1 Å². The Balaban J connectivity index is 0.00000280. The van der Waals surface area contributed by atoms with E-state index >= 15 is 0 Å². The molecule has 0 aliphatic carbocycles. The zero-order valence-electron chi connectivity index (χ0n) is 16.4. The number of hydrogen-bond acceptors (Lipinski definition) is 4. The molecule has 0 atom stereocenters. The first-order valence-electron chi connectivity index (χ1n) is 9.39. The third-order valence-electron chi connectivity index (χ3n) is 4.75. The number of rotatable bonds is 4. The third-order valence-corrected chi connectivity index (χ3v) is 4.75. The van der Waals surface area contributed by atoms with Crippen LogP contribution in [-0.4, -0.2) is 67.7 Å². The Morgan fingerprint density at radius 3 is 2.64 bits per heavy atom. The summed E-state index contributed by atoms with van der Waals surface area (Å²) in [7, 11) is 0. The van der Waals surface area contributed by atoms with Gasteiger partial charge in [-0.15, -0.1) is 24.0 Å². The number of benzene rings is 1. The van der Waals surface area contributed by atoms with Gasteiger partial charge in [0.05, 0.1) is 6.61 Å². The fourth-order valence-corrected chi connectivity index (χ4v) is 3.38. The van der Waals surface area contributed by atoms with E-state index in [0.29, 0.717) is 32.7 Å². The maximum Gasteiger partial charge on any atom is 0.219 e. The number of carbonyl (C=O) groups is 1. The molecule has 156 valence electrons. The number of piperazine rings is 1. The van der Waals surface area contributed by atoms with Crippen LogP contribution in [0.15, 0.2) is 17.1 Å². The summed E-state index contributed by atoms with van der Waals surface area (Å²) in [4.78, 5) is 20.2. The van der Waals surface area contributed by atoms with E-state index in [1.807, 2.05) is 11.8 Å². The minimum absolute atomic E-state index is 0. The summed E-state index contributed by atoms with van der Waals surface area (Å²) in [5.41, 5.74) is 1.56. The predicted octanol–water partition coefficient (Wildman–Crippen LogP) is 1.98. The maximum atomic E-state index is 13.9. The molecule has 1 aromatic carbocycles. The summed E-state index contributed by atoms with van der Waals surface area (Å²) in [5, 5.41) is 3.30. The van der Waals surface area contributed by atoms with Crippen LogP contribution in [0.1, 0.15) is 25.0 Å². The number of carbonyl (C=O) groups excluding carboxylic acids is 1. The first-order chi connectivity index (χ1) is 13.1. The molecular weight excluding hydrogens is 478 g/mol. The quantitative estimate of drug-likeness (QED) is 0.385. The number of halogens is 2. The number of guanidine groups is 1. The van der Waals surface area contributed by atoms with Crippen LogP contribution >= 0.6 is 24.0 Å². The molecule has 9 heteroatoms. The van der Waals surface area contributed by atoms with E-state index in [1.165, 1.54) is 12.1 Å². The standard InChI is InChI=1S/C19H27FN4O3.HI/c1-3-21-19(24-8-6-23(7-9-24)14(2)25)22-5-4-15-10-17(20)11-16-12-26-13-27-18(15)16;/h10-11H,3-9,12-13H2,1-2H3,(H,21,22);1H. The summed E-state index contributed by atoms with van der Waals surface area (Å²) >= 11 is 0. The Morgan fingerprint density at radius 2 is 1.96 bits per heavy atom. The van der Waals surface area contributed by atoms with Crippen molar-refractivity contribution in [3.05, 3.63) is 29.1 Å². The van der Waals surface area contributed by atoms with Gasteiger partial charge in [-0.1, -0.05) is 0 Å². The molecule has 0 saturated carbocycles. The maximum absolute atomic E-state index is 13.9. The van der Waals surface area contributed by atoms with E-state index < -0.39 is 0 Å². The number of nitrogens with zero attached hydrogens (tertiary/aromatic N) is 3. The van der Waals surface area contributed by atoms with Crippen molar-refractivity contribution in [3.63, 3.8) is 0 Å². The van der Waals surface area contributed by atoms with Crippen molar-refractivity contribution in [2.75, 3.05) is 46.1 Å². The smallest absolute Gasteiger partial charge is 0.219 e. The number of nitrogens with one attached hydrogen (secondary N) is 1. The van der Waals surface area contributed by atoms with Gasteiger partial charge in [0, 0.05) is 51.8 Å². The second-order valence-corrected chi connectivity index (χ2v) is 6.64. The Morgan fingerprint density at radius 1 is 1.25 bits per heavy atom. The summed E-state index contributed by atoms with van der Waals surface area (Å²) in [6.07, 6.45) is 0.586. The molecule has 1 aromatic rings. The zero-order chi connectivity index (χ0) is 19.2. The Hall–Kier alpha value is -1.62. The fourth-order valence-electron chi connectivity index (χ4n) is 3.38. The number of ether oxygens (including phenoxy) is 2. The van der Waals surface area contributed by atoms with Gasteiger partial charge in [0.1, 0.15) is 11.6 Å². The highest BCUT2D eigenvalue weighted by molar-refractivity contribution is 14.0. The lowest BCUT2D eigenvalue weighted by Crippen LogP contribution is -2.53. The largest absolute Gasteiger partial charge is 0.467 e. The van der Waals surface area contributed by atoms with Crippen molar-refractivity contribution in [2.24, 2.45) is 4.99 Å². The first-order valence-corrected chi connectivity index (χ1v) is 9.39. The highest BCUT2D eigenvalue weighted by atomic mass is 127. The van der Waals surface area contributed by atoms with Crippen molar-refractivity contribution < 1.29 is 18.7 Å². The van der Waals surface area contributed by atoms with E-state index in [1.54, 1.807) is 6.92 Å². The number of amides is 1. The number of aliphatic imine (C=N–C) groups is 1. The van der Waals surface area contributed by atoms with Gasteiger partial charge >= 0.3 is 0 Å². The Bertz CT molecular complexity index is 709. The molecule has 28 heavy (non-hydrogen) atoms. The van der Waals surface area contributed by atoms with Gasteiger partial charge in [0.25, 0.3) is 0 Å². The van der Waals surface area contributed by atoms with E-state index in [2.05, 4.69) is 10.2 Å². The molecule has 0 aromatic heterocycles. The molecule has 2 aliphatic heterocycles. The van der Waals surface area contributed by atoms with Crippen LogP contribution in [0.3, 0.4) is 0 Å². The molecule has 1 N–H and O–H groups in total. The molecule has 0 bridgehead atoms. The zero-order valence-corrected chi connectivity index (χ0v) is 18.7. The number of fused-ring (bicyclic) bond motifs is 1. The molecule has 2 heterocycles. The van der Waals surface area contributed by atoms with Gasteiger partial charge in [0.2, 0.25) is 5.91 Å². The second kappa shape index (κ2) is 10.8. The Labute approximate surface area is 182 Å². The number of hydrogen-bond donors (Lipinski definition) is 1. The van der Waals surface area contributed by atoms with E-state index in [-0.39, 0.29) is 42.5 Å². The predicted molar refractivity (Wildman–Crippen MR) is 116 cm³/mol. The average molecular weight is 506 g/mol. The first kappa shape index (κ1) is 22.7. The third kappa shape index (κ3) is 5.69. The lowest BCUT2D eigenvalue weighted by molar-refractivity contribution is -0.130. The molecular formula is C19H28FIN4O3. The van der Waals surface area contributed by atoms with Gasteiger partial charge < -0.3 is 24.6 Å². The second-order valence-electron chi connectivity index (χ2n) is 6.64. The average Bonchev–Trinajstić information content (AvgIpc) is 2.67. The van der Waals surface area contributed by atoms with Crippen molar-refractivity contribution in [1.29, 1.82) is 0 Å². The van der Waals surface area contributed by atoms with Gasteiger partial charge in [-0.3, -0.25) is 9.79 Å². The van der Waals surface area contributed by atoms with Crippen molar-refractivity contribution >= 4 is 35.8 Å². The van der Waals surface area contributed by atoms with Gasteiger partial charge in [-0.05, 0) is 31.0 Å². The molecule has 0 unspecified atom stereocenters. The van der Waals surface area contributed by atoms with Crippen LogP contribution in [0, 0.1) is 5.82 Å². The topological polar surface area (TPSA) is 66.4 Å². The summed E-state index contributed by atoms with van der Waals surface area (Å²) in [6.45, 7) is 8.37. The van der Waals surface area contributed by atoms with Crippen molar-refractivity contribution in [2.45, 2.75) is 26.9 Å². The summed E-state index contributed by atoms with van der Waals surface area (Å²) < 4.78 is 24.6. The molecule has 7 nitrogen and oxygen atoms in total. The summed E-state index contributed by atoms with van der Waals surface area (Å²) in [5.74, 6) is 1.37. The molecule has 1 amide bonds. The molecule has 2 aliphatic rings. The van der Waals surface area contributed by atoms with Crippen LogP contribution in [0.2, 0.25) is 0 Å². The van der Waals surface area contributed by atoms with Gasteiger partial charge in [-0.25, -0.2) is 4.39 Å². The van der Waals surface area contributed by atoms with E-state index in [9.17, 15) is 9.18 Å². The minimum Gasteiger partial charge on any atom is -0.467 e. The van der Waals surface area contributed by atoms with Crippen LogP contribution in [0.5, 0.6) is 5.75 Å². The van der Waals surface area contributed by atoms with E-state index in [0.717, 1.165) is 42.5 Å². The van der Waals surface area contributed by atoms with Gasteiger partial charge in [-0.2, -0.15) is 0 Å². The highest BCUT2D eigenvalue weighted by Crippen LogP contribution is 2.29. The highest BCUT2D eigenvalue weighted by Gasteiger charge is 2.21. The lowest BCUT2D eigenvalue weighted by atomic mass is 10.1. The Kier molecular flexibility index (Phi) is 8.74. The monoisotopic (exact) mass is 506 g/mol. The lowest BCUT2D eigenvalue weighted by Gasteiger charge is -2.36. The van der Waals surface area contributed by atoms with Crippen LogP contribution in [0.25, 0.3) is 0 Å². The van der Waals surface area contributed by atoms with Crippen LogP contribution < -0.4 is 10.1 Å². The molecule has 3 rings (SSSR count).